The monoisotopic (exact) mass is 376 g/mol. The van der Waals surface area contributed by atoms with E-state index in [4.69, 9.17) is 4.74 Å². The van der Waals surface area contributed by atoms with Gasteiger partial charge in [-0.2, -0.15) is 0 Å². The zero-order chi connectivity index (χ0) is 19.8. The maximum absolute atomic E-state index is 13.3. The van der Waals surface area contributed by atoms with E-state index in [1.165, 1.54) is 16.1 Å². The number of hydrogen-bond donors (Lipinski definition) is 0. The molecule has 148 valence electrons. The van der Waals surface area contributed by atoms with E-state index in [0.29, 0.717) is 24.1 Å². The van der Waals surface area contributed by atoms with E-state index in [1.54, 1.807) is 13.8 Å². The van der Waals surface area contributed by atoms with Gasteiger partial charge in [0.1, 0.15) is 6.61 Å². The maximum atomic E-state index is 13.3. The van der Waals surface area contributed by atoms with Crippen LogP contribution in [0.4, 0.5) is 0 Å². The van der Waals surface area contributed by atoms with Crippen LogP contribution in [0.2, 0.25) is 0 Å². The molecule has 7 nitrogen and oxygen atoms in total. The van der Waals surface area contributed by atoms with Crippen molar-refractivity contribution >= 4 is 11.9 Å². The Kier molecular flexibility index (Phi) is 5.40. The van der Waals surface area contributed by atoms with E-state index in [2.05, 4.69) is 0 Å². The van der Waals surface area contributed by atoms with Crippen molar-refractivity contribution in [1.82, 2.24) is 9.13 Å². The molecule has 0 aromatic carbocycles. The Morgan fingerprint density at radius 2 is 1.74 bits per heavy atom. The van der Waals surface area contributed by atoms with Gasteiger partial charge in [0.2, 0.25) is 5.91 Å². The third-order valence-electron chi connectivity index (χ3n) is 5.69. The van der Waals surface area contributed by atoms with Crippen LogP contribution in [0.25, 0.3) is 0 Å². The average molecular weight is 376 g/mol. The third-order valence-corrected chi connectivity index (χ3v) is 5.69. The Hall–Kier alpha value is -2.18. The predicted octanol–water partition coefficient (Wildman–Crippen LogP) is 2.23. The van der Waals surface area contributed by atoms with Crippen molar-refractivity contribution in [2.75, 3.05) is 6.61 Å². The highest BCUT2D eigenvalue weighted by Crippen LogP contribution is 2.28. The molecular formula is C20H28N2O5. The normalized spacial score (nSPS) is 17.6. The van der Waals surface area contributed by atoms with Crippen LogP contribution >= 0.6 is 0 Å². The summed E-state index contributed by atoms with van der Waals surface area (Å²) in [5.41, 5.74) is -0.676. The first-order valence-electron chi connectivity index (χ1n) is 9.81. The van der Waals surface area contributed by atoms with Crippen molar-refractivity contribution in [3.63, 3.8) is 0 Å². The molecule has 2 aliphatic carbocycles. The van der Waals surface area contributed by atoms with Gasteiger partial charge in [-0.3, -0.25) is 19.0 Å². The summed E-state index contributed by atoms with van der Waals surface area (Å²) in [6, 6.07) is -0.139. The number of fused-ring (bicyclic) bond motifs is 1. The van der Waals surface area contributed by atoms with Crippen LogP contribution in [0.15, 0.2) is 9.59 Å². The lowest BCUT2D eigenvalue weighted by Gasteiger charge is -2.28. The maximum Gasteiger partial charge on any atom is 0.338 e. The minimum atomic E-state index is -1.05. The molecule has 0 spiro atoms. The summed E-state index contributed by atoms with van der Waals surface area (Å²) >= 11 is 0. The molecule has 0 atom stereocenters. The van der Waals surface area contributed by atoms with Crippen LogP contribution < -0.4 is 11.2 Å². The highest BCUT2D eigenvalue weighted by molar-refractivity contribution is 5.85. The first-order chi connectivity index (χ1) is 12.7. The largest absolute Gasteiger partial charge is 0.465 e. The van der Waals surface area contributed by atoms with Crippen molar-refractivity contribution in [1.29, 1.82) is 0 Å². The zero-order valence-corrected chi connectivity index (χ0v) is 16.4. The fourth-order valence-electron chi connectivity index (χ4n) is 4.18. The van der Waals surface area contributed by atoms with Crippen molar-refractivity contribution in [2.45, 2.75) is 78.2 Å². The van der Waals surface area contributed by atoms with Gasteiger partial charge in [-0.1, -0.05) is 19.3 Å². The molecule has 1 heterocycles. The lowest BCUT2D eigenvalue weighted by Crippen LogP contribution is -2.50. The van der Waals surface area contributed by atoms with Gasteiger partial charge in [0, 0.05) is 24.2 Å². The van der Waals surface area contributed by atoms with Crippen LogP contribution in [0.5, 0.6) is 0 Å². The minimum absolute atomic E-state index is 0.106. The number of esters is 1. The lowest BCUT2D eigenvalue weighted by atomic mass is 9.93. The van der Waals surface area contributed by atoms with E-state index in [1.807, 2.05) is 0 Å². The second kappa shape index (κ2) is 7.44. The minimum Gasteiger partial charge on any atom is -0.465 e. The molecule has 1 aromatic heterocycles. The van der Waals surface area contributed by atoms with Crippen molar-refractivity contribution < 1.29 is 14.3 Å². The van der Waals surface area contributed by atoms with Gasteiger partial charge in [0.15, 0.2) is 0 Å². The van der Waals surface area contributed by atoms with E-state index in [9.17, 15) is 19.2 Å². The van der Waals surface area contributed by atoms with Crippen LogP contribution in [0.1, 0.15) is 81.4 Å². The molecule has 0 N–H and O–H groups in total. The fourth-order valence-corrected chi connectivity index (χ4v) is 4.18. The summed E-state index contributed by atoms with van der Waals surface area (Å²) in [5, 5.41) is 0. The average Bonchev–Trinajstić information content (AvgIpc) is 3.11. The van der Waals surface area contributed by atoms with E-state index in [-0.39, 0.29) is 18.2 Å². The molecule has 0 bridgehead atoms. The highest BCUT2D eigenvalue weighted by Gasteiger charge is 2.36. The molecule has 0 radical (unpaired) electrons. The molecule has 3 rings (SSSR count). The molecule has 7 heteroatoms. The first-order valence-corrected chi connectivity index (χ1v) is 9.81. The van der Waals surface area contributed by atoms with Crippen molar-refractivity contribution in [3.05, 3.63) is 32.1 Å². The summed E-state index contributed by atoms with van der Waals surface area (Å²) in [6.07, 6.45) is 6.56. The summed E-state index contributed by atoms with van der Waals surface area (Å²) < 4.78 is 7.55. The molecule has 0 aliphatic heterocycles. The Labute approximate surface area is 158 Å². The molecule has 27 heavy (non-hydrogen) atoms. The van der Waals surface area contributed by atoms with Crippen LogP contribution in [-0.4, -0.2) is 27.6 Å². The van der Waals surface area contributed by atoms with Gasteiger partial charge in [-0.05, 0) is 46.0 Å². The second-order valence-corrected chi connectivity index (χ2v) is 8.33. The number of ether oxygens (including phenoxy) is 1. The SMILES string of the molecule is CC(=O)OCC(C)(C)C(=O)n1c2c(c(=O)n(C3CCCCC3)c1=O)CCC2. The quantitative estimate of drug-likeness (QED) is 0.752. The van der Waals surface area contributed by atoms with Crippen LogP contribution in [-0.2, 0) is 22.4 Å². The number of aromatic nitrogens is 2. The van der Waals surface area contributed by atoms with Gasteiger partial charge in [-0.15, -0.1) is 0 Å². The molecule has 0 amide bonds. The van der Waals surface area contributed by atoms with E-state index < -0.39 is 23.0 Å². The third kappa shape index (κ3) is 3.64. The Bertz CT molecular complexity index is 872. The fraction of sp³-hybridized carbons (Fsp3) is 0.700. The van der Waals surface area contributed by atoms with Crippen molar-refractivity contribution in [2.24, 2.45) is 5.41 Å². The number of rotatable bonds is 4. The standard InChI is InChI=1S/C20H28N2O5/c1-13(23)27-12-20(2,3)18(25)22-16-11-7-10-15(16)17(24)21(19(22)26)14-8-5-4-6-9-14/h14H,4-12H2,1-3H3. The molecule has 0 unspecified atom stereocenters. The van der Waals surface area contributed by atoms with Crippen LogP contribution in [0, 0.1) is 5.41 Å². The van der Waals surface area contributed by atoms with Crippen molar-refractivity contribution in [3.8, 4) is 0 Å². The molecule has 1 saturated carbocycles. The molecule has 1 aromatic rings. The number of carbonyl (C=O) groups is 2. The smallest absolute Gasteiger partial charge is 0.338 e. The first kappa shape index (κ1) is 19.6. The Morgan fingerprint density at radius 3 is 2.37 bits per heavy atom. The predicted molar refractivity (Wildman–Crippen MR) is 100 cm³/mol. The number of hydrogen-bond acceptors (Lipinski definition) is 5. The summed E-state index contributed by atoms with van der Waals surface area (Å²) in [6.45, 7) is 4.49. The molecule has 2 aliphatic rings. The van der Waals surface area contributed by atoms with Crippen LogP contribution in [0.3, 0.4) is 0 Å². The van der Waals surface area contributed by atoms with Gasteiger partial charge in [0.25, 0.3) is 5.56 Å². The second-order valence-electron chi connectivity index (χ2n) is 8.33. The summed E-state index contributed by atoms with van der Waals surface area (Å²) in [5.74, 6) is -0.892. The Balaban J connectivity index is 2.11. The van der Waals surface area contributed by atoms with Gasteiger partial charge in [0.05, 0.1) is 5.41 Å². The zero-order valence-electron chi connectivity index (χ0n) is 16.4. The summed E-state index contributed by atoms with van der Waals surface area (Å²) in [4.78, 5) is 50.7. The molecule has 1 fully saturated rings. The molecule has 0 saturated heterocycles. The highest BCUT2D eigenvalue weighted by atomic mass is 16.5. The van der Waals surface area contributed by atoms with E-state index >= 15 is 0 Å². The Morgan fingerprint density at radius 1 is 1.07 bits per heavy atom. The van der Waals surface area contributed by atoms with Gasteiger partial charge >= 0.3 is 11.7 Å². The van der Waals surface area contributed by atoms with Gasteiger partial charge in [-0.25, -0.2) is 9.36 Å². The topological polar surface area (TPSA) is 87.4 Å². The number of nitrogens with zero attached hydrogens (tertiary/aromatic N) is 2. The molecular weight excluding hydrogens is 348 g/mol. The van der Waals surface area contributed by atoms with E-state index in [0.717, 1.165) is 38.5 Å². The number of carbonyl (C=O) groups excluding carboxylic acids is 2. The lowest BCUT2D eigenvalue weighted by molar-refractivity contribution is -0.143. The summed E-state index contributed by atoms with van der Waals surface area (Å²) in [7, 11) is 0. The van der Waals surface area contributed by atoms with Gasteiger partial charge < -0.3 is 4.74 Å².